The van der Waals surface area contributed by atoms with Crippen molar-refractivity contribution in [3.8, 4) is 5.75 Å². The highest BCUT2D eigenvalue weighted by molar-refractivity contribution is 7.10. The van der Waals surface area contributed by atoms with Crippen LogP contribution in [-0.2, 0) is 0 Å². The Bertz CT molecular complexity index is 527. The number of hydrogen-bond donors (Lipinski definition) is 1. The molecule has 1 heterocycles. The van der Waals surface area contributed by atoms with Crippen LogP contribution < -0.4 is 10.5 Å². The van der Waals surface area contributed by atoms with Crippen LogP contribution in [0.3, 0.4) is 0 Å². The van der Waals surface area contributed by atoms with Crippen molar-refractivity contribution >= 4 is 22.5 Å². The Kier molecular flexibility index (Phi) is 2.82. The number of ether oxygens (including phenoxy) is 1. The molecule has 0 saturated heterocycles. The van der Waals surface area contributed by atoms with Crippen LogP contribution in [0.2, 0.25) is 0 Å². The van der Waals surface area contributed by atoms with Crippen LogP contribution in [0, 0.1) is 5.82 Å². The maximum Gasteiger partial charge on any atom is 0.348 e. The Morgan fingerprint density at radius 3 is 2.94 bits per heavy atom. The molecule has 16 heavy (non-hydrogen) atoms. The number of halogens is 1. The molecule has 0 unspecified atom stereocenters. The lowest BCUT2D eigenvalue weighted by Gasteiger charge is -2.02. The van der Waals surface area contributed by atoms with E-state index in [2.05, 4.69) is 4.37 Å². The molecule has 0 atom stereocenters. The van der Waals surface area contributed by atoms with E-state index in [9.17, 15) is 9.18 Å². The Labute approximate surface area is 94.6 Å². The summed E-state index contributed by atoms with van der Waals surface area (Å²) in [6.07, 6.45) is 1.32. The van der Waals surface area contributed by atoms with Crippen molar-refractivity contribution < 1.29 is 13.9 Å². The van der Waals surface area contributed by atoms with Gasteiger partial charge in [-0.3, -0.25) is 0 Å². The molecular formula is C10H7FN2O2S. The molecule has 0 amide bonds. The fourth-order valence-corrected chi connectivity index (χ4v) is 1.60. The molecule has 82 valence electrons. The molecule has 0 radical (unpaired) electrons. The van der Waals surface area contributed by atoms with E-state index in [-0.39, 0.29) is 16.3 Å². The lowest BCUT2D eigenvalue weighted by molar-refractivity contribution is 0.0735. The Hall–Kier alpha value is -1.95. The highest BCUT2D eigenvalue weighted by Crippen LogP contribution is 2.19. The van der Waals surface area contributed by atoms with E-state index in [4.69, 9.17) is 10.5 Å². The van der Waals surface area contributed by atoms with Crippen molar-refractivity contribution in [2.75, 3.05) is 5.73 Å². The van der Waals surface area contributed by atoms with E-state index in [1.54, 1.807) is 0 Å². The predicted molar refractivity (Wildman–Crippen MR) is 57.9 cm³/mol. The highest BCUT2D eigenvalue weighted by Gasteiger charge is 2.14. The molecule has 2 aromatic rings. The van der Waals surface area contributed by atoms with Gasteiger partial charge in [0.1, 0.15) is 22.1 Å². The second kappa shape index (κ2) is 4.28. The summed E-state index contributed by atoms with van der Waals surface area (Å²) >= 11 is 0.999. The minimum atomic E-state index is -0.642. The van der Waals surface area contributed by atoms with Gasteiger partial charge >= 0.3 is 5.97 Å². The monoisotopic (exact) mass is 238 g/mol. The van der Waals surface area contributed by atoms with Crippen molar-refractivity contribution in [3.05, 3.63) is 41.8 Å². The zero-order chi connectivity index (χ0) is 11.5. The van der Waals surface area contributed by atoms with Gasteiger partial charge in [-0.2, -0.15) is 4.37 Å². The van der Waals surface area contributed by atoms with Crippen molar-refractivity contribution in [3.63, 3.8) is 0 Å². The third-order valence-corrected chi connectivity index (χ3v) is 2.45. The van der Waals surface area contributed by atoms with Gasteiger partial charge in [0.05, 0.1) is 6.20 Å². The van der Waals surface area contributed by atoms with Crippen molar-refractivity contribution in [1.82, 2.24) is 4.37 Å². The molecule has 6 heteroatoms. The topological polar surface area (TPSA) is 65.2 Å². The van der Waals surface area contributed by atoms with Gasteiger partial charge in [-0.05, 0) is 23.7 Å². The minimum Gasteiger partial charge on any atom is -0.423 e. The summed E-state index contributed by atoms with van der Waals surface area (Å²) in [5, 5.41) is 0.279. The maximum atomic E-state index is 12.8. The number of anilines is 1. The van der Waals surface area contributed by atoms with Crippen LogP contribution >= 0.6 is 11.5 Å². The van der Waals surface area contributed by atoms with E-state index >= 15 is 0 Å². The second-order valence-electron chi connectivity index (χ2n) is 2.95. The summed E-state index contributed by atoms with van der Waals surface area (Å²) in [5.41, 5.74) is 5.70. The third kappa shape index (κ3) is 2.17. The van der Waals surface area contributed by atoms with Gasteiger partial charge in [0.2, 0.25) is 0 Å². The Morgan fingerprint density at radius 1 is 1.50 bits per heavy atom. The van der Waals surface area contributed by atoms with Crippen molar-refractivity contribution in [2.45, 2.75) is 0 Å². The zero-order valence-corrected chi connectivity index (χ0v) is 8.83. The molecule has 0 saturated carbocycles. The number of carbonyl (C=O) groups excluding carboxylic acids is 1. The number of nitrogens with zero attached hydrogens (tertiary/aromatic N) is 1. The molecule has 0 fully saturated rings. The van der Waals surface area contributed by atoms with Gasteiger partial charge in [0, 0.05) is 6.07 Å². The van der Waals surface area contributed by atoms with Crippen molar-refractivity contribution in [2.24, 2.45) is 0 Å². The average Bonchev–Trinajstić information content (AvgIpc) is 2.64. The molecule has 2 rings (SSSR count). The van der Waals surface area contributed by atoms with Crippen LogP contribution in [0.1, 0.15) is 10.4 Å². The summed E-state index contributed by atoms with van der Waals surface area (Å²) in [7, 11) is 0. The number of hydrogen-bond acceptors (Lipinski definition) is 5. The normalized spacial score (nSPS) is 10.1. The number of aromatic nitrogens is 1. The SMILES string of the molecule is Nc1sncc1C(=O)Oc1cccc(F)c1. The largest absolute Gasteiger partial charge is 0.423 e. The van der Waals surface area contributed by atoms with Gasteiger partial charge in [0.15, 0.2) is 0 Å². The smallest absolute Gasteiger partial charge is 0.348 e. The number of esters is 1. The van der Waals surface area contributed by atoms with Crippen LogP contribution in [0.15, 0.2) is 30.5 Å². The molecule has 2 N–H and O–H groups in total. The predicted octanol–water partition coefficient (Wildman–Crippen LogP) is 2.08. The van der Waals surface area contributed by atoms with Gasteiger partial charge < -0.3 is 10.5 Å². The third-order valence-electron chi connectivity index (χ3n) is 1.82. The van der Waals surface area contributed by atoms with E-state index in [1.807, 2.05) is 0 Å². The number of nitrogen functional groups attached to an aromatic ring is 1. The average molecular weight is 238 g/mol. The quantitative estimate of drug-likeness (QED) is 0.642. The fourth-order valence-electron chi connectivity index (χ4n) is 1.09. The first kappa shape index (κ1) is 10.6. The molecule has 0 aliphatic rings. The molecule has 0 bridgehead atoms. The van der Waals surface area contributed by atoms with E-state index in [1.165, 1.54) is 24.4 Å². The summed E-state index contributed by atoms with van der Waals surface area (Å²) in [6, 6.07) is 5.32. The number of rotatable bonds is 2. The molecule has 4 nitrogen and oxygen atoms in total. The molecule has 0 aliphatic heterocycles. The standard InChI is InChI=1S/C10H7FN2O2S/c11-6-2-1-3-7(4-6)15-10(14)8-5-13-16-9(8)12/h1-5H,12H2. The fraction of sp³-hybridized carbons (Fsp3) is 0. The lowest BCUT2D eigenvalue weighted by Crippen LogP contribution is -2.09. The van der Waals surface area contributed by atoms with Crippen LogP contribution in [0.4, 0.5) is 9.39 Å². The Morgan fingerprint density at radius 2 is 2.31 bits per heavy atom. The van der Waals surface area contributed by atoms with Crippen LogP contribution in [-0.4, -0.2) is 10.3 Å². The van der Waals surface area contributed by atoms with Crippen molar-refractivity contribution in [1.29, 1.82) is 0 Å². The molecule has 0 aliphatic carbocycles. The zero-order valence-electron chi connectivity index (χ0n) is 8.01. The summed E-state index contributed by atoms with van der Waals surface area (Å²) in [5.74, 6) is -0.978. The summed E-state index contributed by atoms with van der Waals surface area (Å²) in [6.45, 7) is 0. The summed E-state index contributed by atoms with van der Waals surface area (Å²) < 4.78 is 21.5. The minimum absolute atomic E-state index is 0.135. The first-order chi connectivity index (χ1) is 7.66. The first-order valence-electron chi connectivity index (χ1n) is 4.34. The molecule has 0 spiro atoms. The molecule has 1 aromatic heterocycles. The highest BCUT2D eigenvalue weighted by atomic mass is 32.1. The second-order valence-corrected chi connectivity index (χ2v) is 3.78. The Balaban J connectivity index is 2.17. The number of carbonyl (C=O) groups is 1. The number of benzene rings is 1. The van der Waals surface area contributed by atoms with Gasteiger partial charge in [-0.25, -0.2) is 9.18 Å². The van der Waals surface area contributed by atoms with Crippen LogP contribution in [0.25, 0.3) is 0 Å². The van der Waals surface area contributed by atoms with Gasteiger partial charge in [0.25, 0.3) is 0 Å². The molecular weight excluding hydrogens is 231 g/mol. The van der Waals surface area contributed by atoms with Gasteiger partial charge in [-0.15, -0.1) is 0 Å². The lowest BCUT2D eigenvalue weighted by atomic mass is 10.3. The van der Waals surface area contributed by atoms with E-state index in [0.717, 1.165) is 17.6 Å². The van der Waals surface area contributed by atoms with Gasteiger partial charge in [-0.1, -0.05) is 6.07 Å². The maximum absolute atomic E-state index is 12.8. The van der Waals surface area contributed by atoms with Crippen LogP contribution in [0.5, 0.6) is 5.75 Å². The van der Waals surface area contributed by atoms with E-state index < -0.39 is 11.8 Å². The molecule has 1 aromatic carbocycles. The first-order valence-corrected chi connectivity index (χ1v) is 5.12. The van der Waals surface area contributed by atoms with E-state index in [0.29, 0.717) is 0 Å². The summed E-state index contributed by atoms with van der Waals surface area (Å²) in [4.78, 5) is 11.5. The number of nitrogens with two attached hydrogens (primary N) is 1.